The van der Waals surface area contributed by atoms with Crippen LogP contribution in [0.5, 0.6) is 0 Å². The Hall–Kier alpha value is -3.07. The van der Waals surface area contributed by atoms with E-state index in [1.807, 2.05) is 48.8 Å². The van der Waals surface area contributed by atoms with Crippen molar-refractivity contribution in [2.24, 2.45) is 0 Å². The van der Waals surface area contributed by atoms with Crippen molar-refractivity contribution < 1.29 is 0 Å². The van der Waals surface area contributed by atoms with Gasteiger partial charge in [-0.25, -0.2) is 0 Å². The van der Waals surface area contributed by atoms with E-state index >= 15 is 0 Å². The molecule has 0 aliphatic carbocycles. The summed E-state index contributed by atoms with van der Waals surface area (Å²) in [4.78, 5) is 4.69. The van der Waals surface area contributed by atoms with Crippen LogP contribution < -0.4 is 0 Å². The van der Waals surface area contributed by atoms with Gasteiger partial charge in [0.25, 0.3) is 0 Å². The Morgan fingerprint density at radius 2 is 1.14 bits per heavy atom. The maximum atomic E-state index is 4.69. The first-order chi connectivity index (χ1) is 10.9. The Balaban J connectivity index is 2.01. The second-order valence-corrected chi connectivity index (χ2v) is 5.07. The molecule has 104 valence electrons. The normalized spacial score (nSPS) is 10.7. The number of hydrogen-bond donors (Lipinski definition) is 0. The largest absolute Gasteiger partial charge is 0.255 e. The van der Waals surface area contributed by atoms with Crippen molar-refractivity contribution in [2.45, 2.75) is 0 Å². The molecule has 22 heavy (non-hydrogen) atoms. The van der Waals surface area contributed by atoms with Gasteiger partial charge in [-0.05, 0) is 5.56 Å². The third-order valence-corrected chi connectivity index (χ3v) is 3.73. The number of pyridine rings is 1. The minimum atomic E-state index is 0.935. The van der Waals surface area contributed by atoms with Crippen LogP contribution >= 0.6 is 0 Å². The van der Waals surface area contributed by atoms with E-state index in [1.165, 1.54) is 0 Å². The zero-order valence-corrected chi connectivity index (χ0v) is 11.8. The van der Waals surface area contributed by atoms with Crippen LogP contribution in [0.4, 0.5) is 0 Å². The molecule has 0 spiro atoms. The van der Waals surface area contributed by atoms with Crippen LogP contribution in [-0.4, -0.2) is 15.2 Å². The van der Waals surface area contributed by atoms with Gasteiger partial charge in [0.05, 0.1) is 18.1 Å². The van der Waals surface area contributed by atoms with Gasteiger partial charge < -0.3 is 0 Å². The van der Waals surface area contributed by atoms with Gasteiger partial charge in [-0.1, -0.05) is 60.7 Å². The summed E-state index contributed by atoms with van der Waals surface area (Å²) in [5.41, 5.74) is 4.23. The fourth-order valence-corrected chi connectivity index (χ4v) is 2.67. The van der Waals surface area contributed by atoms with Crippen LogP contribution in [0, 0.1) is 0 Å². The maximum Gasteiger partial charge on any atom is 0.0797 e. The molecule has 0 unspecified atom stereocenters. The molecule has 0 aliphatic rings. The summed E-state index contributed by atoms with van der Waals surface area (Å²) in [5, 5.41) is 10.2. The van der Waals surface area contributed by atoms with Gasteiger partial charge in [-0.2, -0.15) is 10.2 Å². The van der Waals surface area contributed by atoms with Crippen LogP contribution in [0.2, 0.25) is 0 Å². The average Bonchev–Trinajstić information content (AvgIpc) is 2.62. The first-order valence-electron chi connectivity index (χ1n) is 7.14. The monoisotopic (exact) mass is 283 g/mol. The van der Waals surface area contributed by atoms with Crippen LogP contribution in [0.15, 0.2) is 79.3 Å². The number of hydrogen-bond acceptors (Lipinski definition) is 3. The molecule has 0 aliphatic heterocycles. The van der Waals surface area contributed by atoms with E-state index < -0.39 is 0 Å². The molecule has 4 rings (SSSR count). The third-order valence-electron chi connectivity index (χ3n) is 3.73. The van der Waals surface area contributed by atoms with Crippen LogP contribution in [0.25, 0.3) is 33.2 Å². The number of rotatable bonds is 2. The van der Waals surface area contributed by atoms with E-state index in [1.54, 1.807) is 6.20 Å². The Morgan fingerprint density at radius 3 is 1.82 bits per heavy atom. The molecule has 2 aromatic heterocycles. The quantitative estimate of drug-likeness (QED) is 0.548. The van der Waals surface area contributed by atoms with Crippen molar-refractivity contribution in [1.82, 2.24) is 15.2 Å². The summed E-state index contributed by atoms with van der Waals surface area (Å²) < 4.78 is 0. The maximum absolute atomic E-state index is 4.69. The Labute approximate surface area is 128 Å². The molecule has 0 saturated heterocycles. The van der Waals surface area contributed by atoms with Gasteiger partial charge in [0.1, 0.15) is 0 Å². The molecule has 3 nitrogen and oxygen atoms in total. The number of aromatic nitrogens is 3. The Kier molecular flexibility index (Phi) is 3.09. The molecule has 0 amide bonds. The molecule has 0 radical (unpaired) electrons. The summed E-state index contributed by atoms with van der Waals surface area (Å²) in [6.07, 6.45) is 5.52. The lowest BCUT2D eigenvalue weighted by Crippen LogP contribution is -1.92. The van der Waals surface area contributed by atoms with E-state index in [-0.39, 0.29) is 0 Å². The fourth-order valence-electron chi connectivity index (χ4n) is 2.67. The van der Waals surface area contributed by atoms with E-state index in [0.29, 0.717) is 0 Å². The van der Waals surface area contributed by atoms with E-state index in [4.69, 9.17) is 0 Å². The second-order valence-electron chi connectivity index (χ2n) is 5.07. The lowest BCUT2D eigenvalue weighted by atomic mass is 9.99. The van der Waals surface area contributed by atoms with Crippen LogP contribution in [-0.2, 0) is 0 Å². The topological polar surface area (TPSA) is 38.7 Å². The predicted octanol–water partition coefficient (Wildman–Crippen LogP) is 4.36. The Bertz CT molecular complexity index is 841. The zero-order chi connectivity index (χ0) is 14.8. The molecule has 0 saturated carbocycles. The molecule has 4 aromatic rings. The second kappa shape index (κ2) is 5.37. The summed E-state index contributed by atoms with van der Waals surface area (Å²) in [6, 6.07) is 20.4. The molecular formula is C19H13N3. The van der Waals surface area contributed by atoms with Crippen molar-refractivity contribution >= 4 is 10.8 Å². The summed E-state index contributed by atoms with van der Waals surface area (Å²) >= 11 is 0. The number of fused-ring (bicyclic) bond motifs is 1. The fraction of sp³-hybridized carbons (Fsp3) is 0. The smallest absolute Gasteiger partial charge is 0.0797 e. The predicted molar refractivity (Wildman–Crippen MR) is 88.2 cm³/mol. The average molecular weight is 283 g/mol. The molecule has 0 N–H and O–H groups in total. The van der Waals surface area contributed by atoms with Crippen molar-refractivity contribution in [1.29, 1.82) is 0 Å². The highest BCUT2D eigenvalue weighted by molar-refractivity contribution is 6.02. The molecule has 2 aromatic carbocycles. The highest BCUT2D eigenvalue weighted by atomic mass is 15.1. The summed E-state index contributed by atoms with van der Waals surface area (Å²) in [5.74, 6) is 0. The molecular weight excluding hydrogens is 270 g/mol. The Morgan fingerprint density at radius 1 is 0.545 bits per heavy atom. The van der Waals surface area contributed by atoms with Gasteiger partial charge in [0.2, 0.25) is 0 Å². The van der Waals surface area contributed by atoms with Gasteiger partial charge in [-0.3, -0.25) is 4.98 Å². The molecule has 0 atom stereocenters. The first-order valence-corrected chi connectivity index (χ1v) is 7.14. The van der Waals surface area contributed by atoms with Crippen molar-refractivity contribution in [3.05, 3.63) is 79.3 Å². The van der Waals surface area contributed by atoms with Gasteiger partial charge in [0.15, 0.2) is 0 Å². The summed E-state index contributed by atoms with van der Waals surface area (Å²) in [6.45, 7) is 0. The molecule has 0 fully saturated rings. The van der Waals surface area contributed by atoms with E-state index in [2.05, 4.69) is 39.4 Å². The van der Waals surface area contributed by atoms with Crippen LogP contribution in [0.1, 0.15) is 0 Å². The van der Waals surface area contributed by atoms with Crippen molar-refractivity contribution in [3.63, 3.8) is 0 Å². The number of benzene rings is 2. The lowest BCUT2D eigenvalue weighted by molar-refractivity contribution is 1.05. The minimum Gasteiger partial charge on any atom is -0.255 e. The van der Waals surface area contributed by atoms with Crippen molar-refractivity contribution in [3.8, 4) is 22.4 Å². The van der Waals surface area contributed by atoms with Crippen LogP contribution in [0.3, 0.4) is 0 Å². The summed E-state index contributed by atoms with van der Waals surface area (Å²) in [7, 11) is 0. The SMILES string of the molecule is c1ccc(-c2cnc(-c3ccccc3)c3cnncc23)cc1. The highest BCUT2D eigenvalue weighted by Gasteiger charge is 2.10. The van der Waals surface area contributed by atoms with Gasteiger partial charge in [0, 0.05) is 28.1 Å². The molecule has 3 heteroatoms. The third kappa shape index (κ3) is 2.13. The lowest BCUT2D eigenvalue weighted by Gasteiger charge is -2.10. The zero-order valence-electron chi connectivity index (χ0n) is 11.8. The standard InChI is InChI=1S/C19H13N3/c1-3-7-14(8-4-1)16-11-20-19(15-9-5-2-6-10-15)18-13-22-21-12-17(16)18/h1-13H. The first kappa shape index (κ1) is 12.7. The molecule has 2 heterocycles. The number of nitrogens with zero attached hydrogens (tertiary/aromatic N) is 3. The van der Waals surface area contributed by atoms with Gasteiger partial charge in [-0.15, -0.1) is 0 Å². The molecule has 0 bridgehead atoms. The van der Waals surface area contributed by atoms with Gasteiger partial charge >= 0.3 is 0 Å². The van der Waals surface area contributed by atoms with E-state index in [0.717, 1.165) is 33.2 Å². The highest BCUT2D eigenvalue weighted by Crippen LogP contribution is 2.32. The van der Waals surface area contributed by atoms with E-state index in [9.17, 15) is 0 Å². The minimum absolute atomic E-state index is 0.935. The van der Waals surface area contributed by atoms with Crippen molar-refractivity contribution in [2.75, 3.05) is 0 Å².